The average molecular weight is 224 g/mol. The van der Waals surface area contributed by atoms with Crippen molar-refractivity contribution in [2.75, 3.05) is 7.11 Å². The van der Waals surface area contributed by atoms with Crippen molar-refractivity contribution in [3.63, 3.8) is 0 Å². The molecule has 1 heteroatoms. The molecular weight excluding hydrogens is 196 g/mol. The summed E-state index contributed by atoms with van der Waals surface area (Å²) in [6, 6.07) is 0. The van der Waals surface area contributed by atoms with Crippen molar-refractivity contribution in [2.24, 2.45) is 23.7 Å². The highest BCUT2D eigenvalue weighted by Crippen LogP contribution is 2.44. The fraction of sp³-hybridized carbons (Fsp3) is 1.00. The van der Waals surface area contributed by atoms with Gasteiger partial charge in [-0.05, 0) is 36.5 Å². The Labute approximate surface area is 101 Å². The van der Waals surface area contributed by atoms with Crippen LogP contribution in [0.1, 0.15) is 58.8 Å². The molecule has 2 aliphatic rings. The van der Waals surface area contributed by atoms with Crippen LogP contribution in [0.4, 0.5) is 0 Å². The Morgan fingerprint density at radius 2 is 1.50 bits per heavy atom. The molecule has 2 fully saturated rings. The molecule has 2 rings (SSSR count). The molecule has 0 bridgehead atoms. The second-order valence-electron chi connectivity index (χ2n) is 6.19. The Bertz CT molecular complexity index is 213. The molecule has 94 valence electrons. The van der Waals surface area contributed by atoms with E-state index in [-0.39, 0.29) is 0 Å². The van der Waals surface area contributed by atoms with Crippen LogP contribution in [0.25, 0.3) is 0 Å². The summed E-state index contributed by atoms with van der Waals surface area (Å²) < 4.78 is 5.78. The van der Waals surface area contributed by atoms with Gasteiger partial charge in [-0.15, -0.1) is 0 Å². The van der Waals surface area contributed by atoms with Crippen molar-refractivity contribution >= 4 is 0 Å². The lowest BCUT2D eigenvalue weighted by molar-refractivity contribution is -0.0467. The predicted molar refractivity (Wildman–Crippen MR) is 68.4 cm³/mol. The summed E-state index contributed by atoms with van der Waals surface area (Å²) in [5.41, 5.74) is 0. The maximum Gasteiger partial charge on any atom is 0.0604 e. The molecular formula is C15H28O. The van der Waals surface area contributed by atoms with Crippen LogP contribution >= 0.6 is 0 Å². The first-order valence-corrected chi connectivity index (χ1v) is 7.26. The highest BCUT2D eigenvalue weighted by molar-refractivity contribution is 4.89. The Kier molecular flexibility index (Phi) is 4.29. The quantitative estimate of drug-likeness (QED) is 0.681. The van der Waals surface area contributed by atoms with Crippen LogP contribution < -0.4 is 0 Å². The average Bonchev–Trinajstić information content (AvgIpc) is 2.30. The molecule has 5 atom stereocenters. The van der Waals surface area contributed by atoms with Crippen molar-refractivity contribution in [2.45, 2.75) is 64.9 Å². The van der Waals surface area contributed by atoms with Gasteiger partial charge in [-0.25, -0.2) is 0 Å². The first-order chi connectivity index (χ1) is 7.74. The first-order valence-electron chi connectivity index (χ1n) is 7.26. The maximum absolute atomic E-state index is 5.78. The van der Waals surface area contributed by atoms with Gasteiger partial charge in [0.15, 0.2) is 0 Å². The zero-order valence-corrected chi connectivity index (χ0v) is 11.2. The van der Waals surface area contributed by atoms with Crippen LogP contribution in [0.15, 0.2) is 0 Å². The summed E-state index contributed by atoms with van der Waals surface area (Å²) in [6.07, 6.45) is 10.5. The van der Waals surface area contributed by atoms with E-state index in [2.05, 4.69) is 13.8 Å². The van der Waals surface area contributed by atoms with Gasteiger partial charge >= 0.3 is 0 Å². The molecule has 1 nitrogen and oxygen atoms in total. The van der Waals surface area contributed by atoms with Crippen LogP contribution in [0.2, 0.25) is 0 Å². The SMILES string of the molecule is COC1CCCC(C)C1C1CCCCC1C. The van der Waals surface area contributed by atoms with Gasteiger partial charge in [0.05, 0.1) is 6.10 Å². The molecule has 0 aromatic rings. The Balaban J connectivity index is 2.07. The van der Waals surface area contributed by atoms with Crippen LogP contribution in [0.3, 0.4) is 0 Å². The minimum atomic E-state index is 0.550. The molecule has 0 amide bonds. The van der Waals surface area contributed by atoms with E-state index in [4.69, 9.17) is 4.74 Å². The predicted octanol–water partition coefficient (Wildman–Crippen LogP) is 4.26. The molecule has 2 aliphatic carbocycles. The molecule has 0 radical (unpaired) electrons. The van der Waals surface area contributed by atoms with Crippen LogP contribution in [-0.2, 0) is 4.74 Å². The summed E-state index contributed by atoms with van der Waals surface area (Å²) in [7, 11) is 1.92. The van der Waals surface area contributed by atoms with Crippen molar-refractivity contribution in [1.82, 2.24) is 0 Å². The monoisotopic (exact) mass is 224 g/mol. The van der Waals surface area contributed by atoms with Gasteiger partial charge in [0.25, 0.3) is 0 Å². The van der Waals surface area contributed by atoms with E-state index in [1.54, 1.807) is 0 Å². The minimum absolute atomic E-state index is 0.550. The largest absolute Gasteiger partial charge is 0.381 e. The molecule has 0 aromatic carbocycles. The number of methoxy groups -OCH3 is 1. The van der Waals surface area contributed by atoms with Crippen molar-refractivity contribution in [1.29, 1.82) is 0 Å². The van der Waals surface area contributed by atoms with Gasteiger partial charge in [-0.2, -0.15) is 0 Å². The zero-order chi connectivity index (χ0) is 11.5. The normalized spacial score (nSPS) is 45.6. The second-order valence-corrected chi connectivity index (χ2v) is 6.19. The zero-order valence-electron chi connectivity index (χ0n) is 11.2. The maximum atomic E-state index is 5.78. The van der Waals surface area contributed by atoms with Crippen LogP contribution in [-0.4, -0.2) is 13.2 Å². The topological polar surface area (TPSA) is 9.23 Å². The first kappa shape index (κ1) is 12.4. The Morgan fingerprint density at radius 3 is 2.19 bits per heavy atom. The summed E-state index contributed by atoms with van der Waals surface area (Å²) in [6.45, 7) is 4.93. The van der Waals surface area contributed by atoms with Gasteiger partial charge in [0.2, 0.25) is 0 Å². The van der Waals surface area contributed by atoms with Crippen LogP contribution in [0, 0.1) is 23.7 Å². The second kappa shape index (κ2) is 5.53. The number of hydrogen-bond acceptors (Lipinski definition) is 1. The smallest absolute Gasteiger partial charge is 0.0604 e. The lowest BCUT2D eigenvalue weighted by Gasteiger charge is -2.44. The standard InChI is InChI=1S/C15H28O/c1-11-7-4-5-9-13(11)15-12(2)8-6-10-14(15)16-3/h11-15H,4-10H2,1-3H3. The number of ether oxygens (including phenoxy) is 1. The lowest BCUT2D eigenvalue weighted by Crippen LogP contribution is -2.41. The number of hydrogen-bond donors (Lipinski definition) is 0. The summed E-state index contributed by atoms with van der Waals surface area (Å²) in [4.78, 5) is 0. The highest BCUT2D eigenvalue weighted by Gasteiger charge is 2.39. The molecule has 5 unspecified atom stereocenters. The Hall–Kier alpha value is -0.0400. The van der Waals surface area contributed by atoms with E-state index in [9.17, 15) is 0 Å². The van der Waals surface area contributed by atoms with E-state index >= 15 is 0 Å². The fourth-order valence-electron chi connectivity index (χ4n) is 4.28. The number of rotatable bonds is 2. The third-order valence-electron chi connectivity index (χ3n) is 5.21. The van der Waals surface area contributed by atoms with Crippen molar-refractivity contribution in [3.8, 4) is 0 Å². The van der Waals surface area contributed by atoms with Crippen molar-refractivity contribution in [3.05, 3.63) is 0 Å². The van der Waals surface area contributed by atoms with Crippen molar-refractivity contribution < 1.29 is 4.74 Å². The summed E-state index contributed by atoms with van der Waals surface area (Å²) >= 11 is 0. The van der Waals surface area contributed by atoms with E-state index in [1.165, 1.54) is 44.9 Å². The van der Waals surface area contributed by atoms with E-state index < -0.39 is 0 Å². The molecule has 0 heterocycles. The molecule has 2 saturated carbocycles. The Morgan fingerprint density at radius 1 is 0.812 bits per heavy atom. The van der Waals surface area contributed by atoms with E-state index in [0.717, 1.165) is 23.7 Å². The summed E-state index contributed by atoms with van der Waals surface area (Å²) in [5, 5.41) is 0. The fourth-order valence-corrected chi connectivity index (χ4v) is 4.28. The van der Waals surface area contributed by atoms with Gasteiger partial charge in [-0.3, -0.25) is 0 Å². The van der Waals surface area contributed by atoms with Gasteiger partial charge in [0.1, 0.15) is 0 Å². The lowest BCUT2D eigenvalue weighted by atomic mass is 9.64. The molecule has 0 aromatic heterocycles. The van der Waals surface area contributed by atoms with Gasteiger partial charge in [-0.1, -0.05) is 46.0 Å². The van der Waals surface area contributed by atoms with E-state index in [0.29, 0.717) is 6.10 Å². The molecule has 0 N–H and O–H groups in total. The van der Waals surface area contributed by atoms with E-state index in [1.807, 2.05) is 7.11 Å². The minimum Gasteiger partial charge on any atom is -0.381 e. The molecule has 0 spiro atoms. The van der Waals surface area contributed by atoms with Gasteiger partial charge in [0, 0.05) is 7.11 Å². The third kappa shape index (κ3) is 2.45. The summed E-state index contributed by atoms with van der Waals surface area (Å²) in [5.74, 6) is 3.59. The molecule has 0 aliphatic heterocycles. The van der Waals surface area contributed by atoms with Crippen LogP contribution in [0.5, 0.6) is 0 Å². The third-order valence-corrected chi connectivity index (χ3v) is 5.21. The highest BCUT2D eigenvalue weighted by atomic mass is 16.5. The molecule has 0 saturated heterocycles. The van der Waals surface area contributed by atoms with Gasteiger partial charge < -0.3 is 4.74 Å². The molecule has 16 heavy (non-hydrogen) atoms.